The average Bonchev–Trinajstić information content (AvgIpc) is 2.64. The molecular weight excluding hydrogens is 479 g/mol. The molecule has 0 fully saturated rings. The van der Waals surface area contributed by atoms with E-state index in [2.05, 4.69) is 62.6 Å². The Balaban J connectivity index is 0.000000410. The van der Waals surface area contributed by atoms with Crippen LogP contribution >= 0.6 is 9.42 Å². The maximum Gasteiger partial charge on any atom is 0.0802 e. The van der Waals surface area contributed by atoms with Crippen molar-refractivity contribution in [2.24, 2.45) is 0 Å². The predicted molar refractivity (Wildman–Crippen MR) is 87.2 cm³/mol. The van der Waals surface area contributed by atoms with E-state index in [9.17, 15) is 0 Å². The molecule has 0 unspecified atom stereocenters. The van der Waals surface area contributed by atoms with Crippen LogP contribution in [0.25, 0.3) is 32.6 Å². The Bertz CT molecular complexity index is 844. The van der Waals surface area contributed by atoms with Crippen molar-refractivity contribution >= 4 is 48.8 Å². The molecule has 2 aromatic carbocycles. The molecule has 0 N–H and O–H groups in total. The zero-order valence-corrected chi connectivity index (χ0v) is 14.4. The van der Waals surface area contributed by atoms with Crippen LogP contribution in [0.2, 0.25) is 0 Å². The standard InChI is InChI=1S/C16H10N2.CHO.ClH.Pt/c1-3-12-7-5-11-6-8-13-4-2-10-18-16(13)14(11)15(12)17-9-1;1-2;;/h1-10H;1H;1H;/q;-1;;+2/p-1. The predicted octanol–water partition coefficient (Wildman–Crippen LogP) is 4.35. The Hall–Kier alpha value is -1.83. The summed E-state index contributed by atoms with van der Waals surface area (Å²) in [5, 5.41) is 4.64. The van der Waals surface area contributed by atoms with Gasteiger partial charge in [-0.25, -0.2) is 0 Å². The van der Waals surface area contributed by atoms with Crippen LogP contribution in [0.4, 0.5) is 0 Å². The van der Waals surface area contributed by atoms with Gasteiger partial charge in [0.05, 0.1) is 11.0 Å². The Morgan fingerprint density at radius 3 is 1.59 bits per heavy atom. The molecule has 0 saturated heterocycles. The number of hydrogen-bond acceptors (Lipinski definition) is 3. The SMILES string of the molecule is [CH-]=O.[Cl][Pt+].c1cnc2c(c1)ccc1ccc3cccnc3c12. The summed E-state index contributed by atoms with van der Waals surface area (Å²) in [6.45, 7) is 3.25. The van der Waals surface area contributed by atoms with Crippen LogP contribution in [0.1, 0.15) is 0 Å². The summed E-state index contributed by atoms with van der Waals surface area (Å²) in [5.74, 6) is 0. The first-order valence-corrected chi connectivity index (χ1v) is 9.12. The Kier molecular flexibility index (Phi) is 5.99. The third kappa shape index (κ3) is 3.01. The van der Waals surface area contributed by atoms with Crippen molar-refractivity contribution in [1.82, 2.24) is 9.97 Å². The minimum Gasteiger partial charge on any atom is -0.256 e. The quantitative estimate of drug-likeness (QED) is 0.210. The first-order valence-electron chi connectivity index (χ1n) is 6.30. The van der Waals surface area contributed by atoms with Gasteiger partial charge in [-0.2, -0.15) is 0 Å². The monoisotopic (exact) mass is 489 g/mol. The number of halogens is 1. The molecular formula is C17H11ClN2OPt. The van der Waals surface area contributed by atoms with Gasteiger partial charge in [0, 0.05) is 28.6 Å². The van der Waals surface area contributed by atoms with Gasteiger partial charge in [0.25, 0.3) is 0 Å². The summed E-state index contributed by atoms with van der Waals surface area (Å²) in [5.41, 5.74) is 2.05. The summed E-state index contributed by atoms with van der Waals surface area (Å²) in [4.78, 5) is 16.8. The van der Waals surface area contributed by atoms with Crippen molar-refractivity contribution in [3.63, 3.8) is 0 Å². The summed E-state index contributed by atoms with van der Waals surface area (Å²) < 4.78 is 0. The Morgan fingerprint density at radius 1 is 0.727 bits per heavy atom. The van der Waals surface area contributed by atoms with Crippen LogP contribution in [0, 0.1) is 0 Å². The number of nitrogens with zero attached hydrogens (tertiary/aromatic N) is 2. The molecule has 2 heterocycles. The molecule has 4 aromatic rings. The van der Waals surface area contributed by atoms with Gasteiger partial charge in [0.2, 0.25) is 0 Å². The van der Waals surface area contributed by atoms with E-state index >= 15 is 0 Å². The van der Waals surface area contributed by atoms with Crippen LogP contribution < -0.4 is 0 Å². The Morgan fingerprint density at radius 2 is 1.14 bits per heavy atom. The van der Waals surface area contributed by atoms with Crippen molar-refractivity contribution in [2.75, 3.05) is 0 Å². The topological polar surface area (TPSA) is 42.9 Å². The summed E-state index contributed by atoms with van der Waals surface area (Å²) in [6.07, 6.45) is 3.67. The van der Waals surface area contributed by atoms with E-state index in [0.717, 1.165) is 27.2 Å². The molecule has 0 saturated carbocycles. The molecule has 0 amide bonds. The second-order valence-electron chi connectivity index (χ2n) is 4.38. The number of benzene rings is 2. The van der Waals surface area contributed by atoms with Crippen LogP contribution in [-0.4, -0.2) is 16.8 Å². The molecule has 3 nitrogen and oxygen atoms in total. The van der Waals surface area contributed by atoms with E-state index in [1.807, 2.05) is 24.5 Å². The van der Waals surface area contributed by atoms with Crippen molar-refractivity contribution in [2.45, 2.75) is 0 Å². The van der Waals surface area contributed by atoms with Gasteiger partial charge in [-0.05, 0) is 17.5 Å². The molecule has 0 aliphatic carbocycles. The molecule has 0 aliphatic heterocycles. The molecule has 4 rings (SSSR count). The van der Waals surface area contributed by atoms with Crippen molar-refractivity contribution in [1.29, 1.82) is 0 Å². The zero-order valence-electron chi connectivity index (χ0n) is 11.3. The number of aromatic nitrogens is 2. The first kappa shape index (κ1) is 16.5. The molecule has 22 heavy (non-hydrogen) atoms. The largest absolute Gasteiger partial charge is 0.256 e. The molecule has 0 aliphatic rings. The number of pyridine rings is 2. The fourth-order valence-electron chi connectivity index (χ4n) is 2.49. The maximum atomic E-state index is 7.75. The summed E-state index contributed by atoms with van der Waals surface area (Å²) in [6, 6.07) is 16.6. The van der Waals surface area contributed by atoms with Gasteiger partial charge in [0.1, 0.15) is 0 Å². The minimum absolute atomic E-state index is 1.03. The summed E-state index contributed by atoms with van der Waals surface area (Å²) >= 11 is 1.61. The van der Waals surface area contributed by atoms with Gasteiger partial charge < -0.3 is 4.79 Å². The van der Waals surface area contributed by atoms with E-state index in [-0.39, 0.29) is 0 Å². The van der Waals surface area contributed by atoms with Crippen LogP contribution in [0.15, 0.2) is 60.9 Å². The summed E-state index contributed by atoms with van der Waals surface area (Å²) in [7, 11) is 4.61. The van der Waals surface area contributed by atoms with Gasteiger partial charge >= 0.3 is 28.2 Å². The van der Waals surface area contributed by atoms with E-state index in [1.54, 1.807) is 18.8 Å². The van der Waals surface area contributed by atoms with Crippen LogP contribution in [0.3, 0.4) is 0 Å². The normalized spacial score (nSPS) is 9.77. The van der Waals surface area contributed by atoms with E-state index in [1.165, 1.54) is 5.39 Å². The molecule has 2 aromatic heterocycles. The fraction of sp³-hybridized carbons (Fsp3) is 0. The van der Waals surface area contributed by atoms with Gasteiger partial charge in [0.15, 0.2) is 0 Å². The zero-order chi connectivity index (χ0) is 15.9. The first-order chi connectivity index (χ1) is 10.9. The third-order valence-corrected chi connectivity index (χ3v) is 3.33. The van der Waals surface area contributed by atoms with Crippen LogP contribution in [0.5, 0.6) is 0 Å². The van der Waals surface area contributed by atoms with Crippen molar-refractivity contribution in [3.05, 3.63) is 60.9 Å². The van der Waals surface area contributed by atoms with E-state index < -0.39 is 0 Å². The molecule has 0 radical (unpaired) electrons. The van der Waals surface area contributed by atoms with Gasteiger partial charge in [-0.3, -0.25) is 16.8 Å². The number of fused-ring (bicyclic) bond motifs is 5. The fourth-order valence-corrected chi connectivity index (χ4v) is 2.49. The molecule has 112 valence electrons. The third-order valence-electron chi connectivity index (χ3n) is 3.33. The van der Waals surface area contributed by atoms with Crippen molar-refractivity contribution in [3.8, 4) is 0 Å². The Labute approximate surface area is 143 Å². The minimum atomic E-state index is 1.03. The number of hydrogen-bond donors (Lipinski definition) is 0. The molecule has 0 spiro atoms. The van der Waals surface area contributed by atoms with Gasteiger partial charge in [-0.15, -0.1) is 0 Å². The van der Waals surface area contributed by atoms with E-state index in [4.69, 9.17) is 4.79 Å². The number of carbonyl (C=O) groups excluding carboxylic acids is 1. The molecule has 0 atom stereocenters. The second kappa shape index (κ2) is 7.97. The average molecular weight is 490 g/mol. The molecule has 0 bridgehead atoms. The van der Waals surface area contributed by atoms with Crippen molar-refractivity contribution < 1.29 is 23.6 Å². The number of rotatable bonds is 0. The van der Waals surface area contributed by atoms with E-state index in [0.29, 0.717) is 0 Å². The maximum absolute atomic E-state index is 7.75. The smallest absolute Gasteiger partial charge is 0.0802 e. The van der Waals surface area contributed by atoms with Gasteiger partial charge in [-0.1, -0.05) is 36.4 Å². The second-order valence-corrected chi connectivity index (χ2v) is 4.38. The molecule has 5 heteroatoms. The van der Waals surface area contributed by atoms with Crippen LogP contribution in [-0.2, 0) is 23.6 Å².